The van der Waals surface area contributed by atoms with Crippen molar-refractivity contribution in [1.29, 1.82) is 0 Å². The van der Waals surface area contributed by atoms with E-state index in [1.165, 1.54) is 16.0 Å². The molecule has 0 saturated carbocycles. The summed E-state index contributed by atoms with van der Waals surface area (Å²) < 4.78 is 11.5. The van der Waals surface area contributed by atoms with E-state index >= 15 is 0 Å². The Morgan fingerprint density at radius 1 is 1.16 bits per heavy atom. The number of allylic oxidation sites excluding steroid dienone is 3. The molecule has 1 aromatic rings. The molecule has 2 unspecified atom stereocenters. The minimum atomic E-state index is -0.269. The molecule has 0 bridgehead atoms. The van der Waals surface area contributed by atoms with Gasteiger partial charge < -0.3 is 9.47 Å². The zero-order valence-electron chi connectivity index (χ0n) is 19.1. The monoisotopic (exact) mass is 425 g/mol. The summed E-state index contributed by atoms with van der Waals surface area (Å²) in [5, 5.41) is 0. The molecule has 2 aliphatic heterocycles. The molecule has 0 radical (unpaired) electrons. The molecule has 2 aliphatic rings. The van der Waals surface area contributed by atoms with Gasteiger partial charge in [0.1, 0.15) is 0 Å². The second kappa shape index (κ2) is 11.4. The van der Waals surface area contributed by atoms with Crippen LogP contribution < -0.4 is 0 Å². The second-order valence-electron chi connectivity index (χ2n) is 8.74. The van der Waals surface area contributed by atoms with Crippen LogP contribution >= 0.6 is 0 Å². The summed E-state index contributed by atoms with van der Waals surface area (Å²) in [7, 11) is 0. The molecule has 168 valence electrons. The SMILES string of the molecule is CC(C)=CCCC(C)=CC(CCCOC1CCCCO1)N1C(=O)c2ccccc2C1=O. The van der Waals surface area contributed by atoms with Crippen LogP contribution in [0.1, 0.15) is 86.4 Å². The van der Waals surface area contributed by atoms with Crippen LogP contribution in [0.3, 0.4) is 0 Å². The van der Waals surface area contributed by atoms with Crippen LogP contribution in [-0.2, 0) is 9.47 Å². The lowest BCUT2D eigenvalue weighted by atomic mass is 10.0. The first-order valence-corrected chi connectivity index (χ1v) is 11.5. The Labute approximate surface area is 186 Å². The fraction of sp³-hybridized carbons (Fsp3) is 0.538. The summed E-state index contributed by atoms with van der Waals surface area (Å²) in [5.74, 6) is -0.397. The number of imide groups is 1. The quantitative estimate of drug-likeness (QED) is 0.275. The van der Waals surface area contributed by atoms with Crippen molar-refractivity contribution >= 4 is 11.8 Å². The Hall–Kier alpha value is -2.24. The fourth-order valence-electron chi connectivity index (χ4n) is 4.15. The molecular formula is C26H35NO4. The summed E-state index contributed by atoms with van der Waals surface area (Å²) >= 11 is 0. The van der Waals surface area contributed by atoms with E-state index in [0.717, 1.165) is 45.1 Å². The van der Waals surface area contributed by atoms with E-state index in [4.69, 9.17) is 9.47 Å². The van der Waals surface area contributed by atoms with Crippen LogP contribution in [0.25, 0.3) is 0 Å². The minimum Gasteiger partial charge on any atom is -0.353 e. The van der Waals surface area contributed by atoms with Crippen molar-refractivity contribution in [3.63, 3.8) is 0 Å². The van der Waals surface area contributed by atoms with Gasteiger partial charge in [-0.05, 0) is 77.8 Å². The van der Waals surface area contributed by atoms with Gasteiger partial charge >= 0.3 is 0 Å². The molecule has 2 heterocycles. The summed E-state index contributed by atoms with van der Waals surface area (Å²) in [5.41, 5.74) is 3.49. The third-order valence-electron chi connectivity index (χ3n) is 5.81. The van der Waals surface area contributed by atoms with E-state index in [9.17, 15) is 9.59 Å². The van der Waals surface area contributed by atoms with Crippen molar-refractivity contribution in [2.24, 2.45) is 0 Å². The maximum absolute atomic E-state index is 13.0. The predicted octanol–water partition coefficient (Wildman–Crippen LogP) is 5.67. The van der Waals surface area contributed by atoms with Gasteiger partial charge in [-0.25, -0.2) is 0 Å². The Morgan fingerprint density at radius 2 is 1.87 bits per heavy atom. The molecule has 0 aliphatic carbocycles. The van der Waals surface area contributed by atoms with Gasteiger partial charge in [0, 0.05) is 13.2 Å². The predicted molar refractivity (Wildman–Crippen MR) is 122 cm³/mol. The van der Waals surface area contributed by atoms with Gasteiger partial charge in [0.05, 0.1) is 17.2 Å². The van der Waals surface area contributed by atoms with Crippen LogP contribution in [0.2, 0.25) is 0 Å². The van der Waals surface area contributed by atoms with Gasteiger partial charge in [-0.15, -0.1) is 0 Å². The highest BCUT2D eigenvalue weighted by Gasteiger charge is 2.38. The van der Waals surface area contributed by atoms with E-state index in [1.54, 1.807) is 24.3 Å². The molecule has 1 aromatic carbocycles. The fourth-order valence-corrected chi connectivity index (χ4v) is 4.15. The molecule has 1 saturated heterocycles. The lowest BCUT2D eigenvalue weighted by molar-refractivity contribution is -0.163. The third-order valence-corrected chi connectivity index (χ3v) is 5.81. The van der Waals surface area contributed by atoms with Gasteiger partial charge in [-0.3, -0.25) is 14.5 Å². The molecule has 2 atom stereocenters. The maximum atomic E-state index is 13.0. The second-order valence-corrected chi connectivity index (χ2v) is 8.74. The van der Waals surface area contributed by atoms with Gasteiger partial charge in [0.15, 0.2) is 6.29 Å². The molecule has 0 N–H and O–H groups in total. The van der Waals surface area contributed by atoms with Crippen LogP contribution in [0.5, 0.6) is 0 Å². The zero-order chi connectivity index (χ0) is 22.2. The van der Waals surface area contributed by atoms with E-state index in [1.807, 2.05) is 0 Å². The topological polar surface area (TPSA) is 55.8 Å². The van der Waals surface area contributed by atoms with Crippen molar-refractivity contribution in [1.82, 2.24) is 4.90 Å². The number of rotatable bonds is 10. The van der Waals surface area contributed by atoms with E-state index in [2.05, 4.69) is 32.9 Å². The number of amides is 2. The lowest BCUT2D eigenvalue weighted by Gasteiger charge is -2.26. The summed E-state index contributed by atoms with van der Waals surface area (Å²) in [6.45, 7) is 7.59. The number of fused-ring (bicyclic) bond motifs is 1. The average molecular weight is 426 g/mol. The van der Waals surface area contributed by atoms with Crippen LogP contribution in [0.15, 0.2) is 47.6 Å². The zero-order valence-corrected chi connectivity index (χ0v) is 19.1. The molecule has 0 aromatic heterocycles. The van der Waals surface area contributed by atoms with Crippen molar-refractivity contribution < 1.29 is 19.1 Å². The summed E-state index contributed by atoms with van der Waals surface area (Å²) in [6.07, 6.45) is 10.7. The van der Waals surface area contributed by atoms with Crippen molar-refractivity contribution in [3.05, 3.63) is 58.7 Å². The van der Waals surface area contributed by atoms with E-state index in [-0.39, 0.29) is 24.1 Å². The largest absolute Gasteiger partial charge is 0.353 e. The molecule has 31 heavy (non-hydrogen) atoms. The average Bonchev–Trinajstić information content (AvgIpc) is 3.01. The molecule has 3 rings (SSSR count). The maximum Gasteiger partial charge on any atom is 0.262 e. The number of nitrogens with zero attached hydrogens (tertiary/aromatic N) is 1. The van der Waals surface area contributed by atoms with Crippen molar-refractivity contribution in [2.75, 3.05) is 13.2 Å². The highest BCUT2D eigenvalue weighted by molar-refractivity contribution is 6.21. The highest BCUT2D eigenvalue weighted by Crippen LogP contribution is 2.27. The van der Waals surface area contributed by atoms with Crippen LogP contribution in [-0.4, -0.2) is 42.3 Å². The standard InChI is InChI=1S/C26H35NO4/c1-19(2)10-8-11-20(3)18-21(12-9-17-31-24-15-6-7-16-30-24)27-25(28)22-13-4-5-14-23(22)26(27)29/h4-5,10,13-14,18,21,24H,6-9,11-12,15-17H2,1-3H3. The Morgan fingerprint density at radius 3 is 2.48 bits per heavy atom. The summed E-state index contributed by atoms with van der Waals surface area (Å²) in [4.78, 5) is 27.5. The van der Waals surface area contributed by atoms with Gasteiger partial charge in [0.25, 0.3) is 11.8 Å². The van der Waals surface area contributed by atoms with Gasteiger partial charge in [0.2, 0.25) is 0 Å². The Balaban J connectivity index is 1.67. The van der Waals surface area contributed by atoms with Gasteiger partial charge in [-0.1, -0.05) is 35.4 Å². The first kappa shape index (κ1) is 23.4. The van der Waals surface area contributed by atoms with E-state index < -0.39 is 0 Å². The molecule has 2 amide bonds. The van der Waals surface area contributed by atoms with E-state index in [0.29, 0.717) is 24.2 Å². The van der Waals surface area contributed by atoms with Crippen molar-refractivity contribution in [3.8, 4) is 0 Å². The minimum absolute atomic E-state index is 0.118. The molecule has 5 heteroatoms. The Kier molecular flexibility index (Phi) is 8.61. The van der Waals surface area contributed by atoms with Crippen LogP contribution in [0, 0.1) is 0 Å². The molecule has 1 fully saturated rings. The van der Waals surface area contributed by atoms with Crippen molar-refractivity contribution in [2.45, 2.75) is 78.0 Å². The molecule has 5 nitrogen and oxygen atoms in total. The third kappa shape index (κ3) is 6.37. The number of hydrogen-bond donors (Lipinski definition) is 0. The molecule has 0 spiro atoms. The smallest absolute Gasteiger partial charge is 0.262 e. The number of benzene rings is 1. The first-order valence-electron chi connectivity index (χ1n) is 11.5. The number of hydrogen-bond acceptors (Lipinski definition) is 4. The first-order chi connectivity index (χ1) is 15.0. The summed E-state index contributed by atoms with van der Waals surface area (Å²) in [6, 6.07) is 6.82. The number of carbonyl (C=O) groups excluding carboxylic acids is 2. The van der Waals surface area contributed by atoms with Gasteiger partial charge in [-0.2, -0.15) is 0 Å². The molecular weight excluding hydrogens is 390 g/mol. The van der Waals surface area contributed by atoms with Crippen LogP contribution in [0.4, 0.5) is 0 Å². The normalized spacial score (nSPS) is 20.0. The number of carbonyl (C=O) groups is 2. The highest BCUT2D eigenvalue weighted by atomic mass is 16.7. The Bertz CT molecular complexity index is 797. The lowest BCUT2D eigenvalue weighted by Crippen LogP contribution is -2.39. The number of ether oxygens (including phenoxy) is 2.